The van der Waals surface area contributed by atoms with Gasteiger partial charge in [-0.15, -0.1) is 0 Å². The van der Waals surface area contributed by atoms with Gasteiger partial charge in [-0.05, 0) is 50.8 Å². The first-order chi connectivity index (χ1) is 9.54. The molecule has 1 rings (SSSR count). The molecular formula is C19H25N. The van der Waals surface area contributed by atoms with Crippen LogP contribution < -0.4 is 0 Å². The molecule has 0 aromatic heterocycles. The van der Waals surface area contributed by atoms with Crippen molar-refractivity contribution in [1.29, 1.82) is 0 Å². The van der Waals surface area contributed by atoms with Crippen LogP contribution >= 0.6 is 0 Å². The molecule has 20 heavy (non-hydrogen) atoms. The average molecular weight is 267 g/mol. The quantitative estimate of drug-likeness (QED) is 0.492. The maximum Gasteiger partial charge on any atom is 0.0775 e. The Hall–Kier alpha value is -1.89. The Morgan fingerprint density at radius 1 is 1.30 bits per heavy atom. The fourth-order valence-corrected chi connectivity index (χ4v) is 2.21. The van der Waals surface area contributed by atoms with E-state index >= 15 is 0 Å². The van der Waals surface area contributed by atoms with E-state index in [-0.39, 0.29) is 0 Å². The summed E-state index contributed by atoms with van der Waals surface area (Å²) in [7, 11) is 0. The van der Waals surface area contributed by atoms with Gasteiger partial charge >= 0.3 is 0 Å². The van der Waals surface area contributed by atoms with Gasteiger partial charge in [-0.25, -0.2) is 0 Å². The second-order valence-corrected chi connectivity index (χ2v) is 4.93. The predicted molar refractivity (Wildman–Crippen MR) is 91.3 cm³/mol. The van der Waals surface area contributed by atoms with Crippen LogP contribution in [-0.2, 0) is 6.42 Å². The first-order valence-electron chi connectivity index (χ1n) is 7.16. The summed E-state index contributed by atoms with van der Waals surface area (Å²) in [5.41, 5.74) is 6.91. The van der Waals surface area contributed by atoms with Crippen molar-refractivity contribution in [3.8, 4) is 0 Å². The van der Waals surface area contributed by atoms with Crippen LogP contribution in [0.1, 0.15) is 44.4 Å². The third-order valence-corrected chi connectivity index (χ3v) is 3.26. The Morgan fingerprint density at radius 3 is 2.45 bits per heavy atom. The van der Waals surface area contributed by atoms with E-state index in [1.165, 1.54) is 16.7 Å². The van der Waals surface area contributed by atoms with Gasteiger partial charge in [0.1, 0.15) is 0 Å². The maximum absolute atomic E-state index is 4.59. The Balaban J connectivity index is 3.55. The molecule has 0 bridgehead atoms. The fourth-order valence-electron chi connectivity index (χ4n) is 2.21. The van der Waals surface area contributed by atoms with Gasteiger partial charge < -0.3 is 0 Å². The second-order valence-electron chi connectivity index (χ2n) is 4.93. The highest BCUT2D eigenvalue weighted by Gasteiger charge is 2.10. The van der Waals surface area contributed by atoms with E-state index in [2.05, 4.69) is 49.7 Å². The molecule has 1 nitrogen and oxygen atoms in total. The van der Waals surface area contributed by atoms with E-state index in [1.807, 2.05) is 33.1 Å². The molecule has 0 atom stereocenters. The number of nitrogens with zero attached hydrogens (tertiary/aromatic N) is 1. The lowest BCUT2D eigenvalue weighted by Crippen LogP contribution is -1.94. The number of allylic oxidation sites excluding steroid dienone is 4. The molecule has 106 valence electrons. The molecule has 0 spiro atoms. The number of aryl methyl sites for hydroxylation is 2. The third-order valence-electron chi connectivity index (χ3n) is 3.26. The standard InChI is InChI=1S/C19H25N/c1-7-10-17(14(4)5)19(20-9-3)18-12-11-16(8-2)13-15(18)6/h7,9-13H,4,8H2,1-3,5-6H3/b10-7-,19-17-,20-9?. The molecular weight excluding hydrogens is 242 g/mol. The molecule has 0 aliphatic rings. The summed E-state index contributed by atoms with van der Waals surface area (Å²) in [6, 6.07) is 6.59. The van der Waals surface area contributed by atoms with Crippen molar-refractivity contribution in [2.45, 2.75) is 41.0 Å². The predicted octanol–water partition coefficient (Wildman–Crippen LogP) is 5.51. The molecule has 1 aromatic rings. The van der Waals surface area contributed by atoms with Crippen LogP contribution in [0.15, 0.2) is 53.1 Å². The Bertz CT molecular complexity index is 571. The molecule has 0 radical (unpaired) electrons. The molecule has 0 fully saturated rings. The molecule has 0 saturated heterocycles. The second kappa shape index (κ2) is 7.64. The van der Waals surface area contributed by atoms with Crippen LogP contribution in [-0.4, -0.2) is 6.21 Å². The van der Waals surface area contributed by atoms with Crippen molar-refractivity contribution in [1.82, 2.24) is 0 Å². The monoisotopic (exact) mass is 267 g/mol. The van der Waals surface area contributed by atoms with Gasteiger partial charge in [0.25, 0.3) is 0 Å². The van der Waals surface area contributed by atoms with Crippen LogP contribution in [0.2, 0.25) is 0 Å². The molecule has 0 aliphatic heterocycles. The van der Waals surface area contributed by atoms with Gasteiger partial charge in [0.15, 0.2) is 0 Å². The van der Waals surface area contributed by atoms with Crippen molar-refractivity contribution in [3.05, 3.63) is 64.8 Å². The lowest BCUT2D eigenvalue weighted by molar-refractivity contribution is 1.13. The topological polar surface area (TPSA) is 12.4 Å². The van der Waals surface area contributed by atoms with Gasteiger partial charge in [0.2, 0.25) is 0 Å². The van der Waals surface area contributed by atoms with E-state index < -0.39 is 0 Å². The van der Waals surface area contributed by atoms with E-state index in [0.717, 1.165) is 23.3 Å². The van der Waals surface area contributed by atoms with Gasteiger partial charge in [-0.3, -0.25) is 4.99 Å². The third kappa shape index (κ3) is 3.80. The van der Waals surface area contributed by atoms with Crippen LogP contribution in [0.4, 0.5) is 0 Å². The number of rotatable bonds is 5. The van der Waals surface area contributed by atoms with Crippen LogP contribution in [0.5, 0.6) is 0 Å². The molecule has 0 saturated carbocycles. The van der Waals surface area contributed by atoms with E-state index in [9.17, 15) is 0 Å². The van der Waals surface area contributed by atoms with Crippen molar-refractivity contribution < 1.29 is 0 Å². The highest BCUT2D eigenvalue weighted by Crippen LogP contribution is 2.28. The zero-order chi connectivity index (χ0) is 15.1. The SMILES string of the molecule is C=C(C)C(/C=C\C)=C(\N=CC)c1ccc(CC)cc1C. The lowest BCUT2D eigenvalue weighted by Gasteiger charge is -2.13. The number of hydrogen-bond donors (Lipinski definition) is 0. The number of hydrogen-bond acceptors (Lipinski definition) is 1. The number of aliphatic imine (C=N–C) groups is 1. The van der Waals surface area contributed by atoms with Gasteiger partial charge in [-0.2, -0.15) is 0 Å². The average Bonchev–Trinajstić information content (AvgIpc) is 2.42. The summed E-state index contributed by atoms with van der Waals surface area (Å²) in [5, 5.41) is 0. The largest absolute Gasteiger partial charge is 0.260 e. The van der Waals surface area contributed by atoms with Crippen LogP contribution in [0, 0.1) is 6.92 Å². The summed E-state index contributed by atoms with van der Waals surface area (Å²) in [6.45, 7) is 14.4. The highest BCUT2D eigenvalue weighted by atomic mass is 14.7. The van der Waals surface area contributed by atoms with Crippen molar-refractivity contribution in [3.63, 3.8) is 0 Å². The smallest absolute Gasteiger partial charge is 0.0775 e. The van der Waals surface area contributed by atoms with Gasteiger partial charge in [0, 0.05) is 17.4 Å². The Kier molecular flexibility index (Phi) is 6.17. The minimum absolute atomic E-state index is 0.998. The first kappa shape index (κ1) is 16.2. The summed E-state index contributed by atoms with van der Waals surface area (Å²) >= 11 is 0. The van der Waals surface area contributed by atoms with E-state index in [1.54, 1.807) is 0 Å². The molecule has 0 unspecified atom stereocenters. The van der Waals surface area contributed by atoms with Gasteiger partial charge in [-0.1, -0.05) is 43.9 Å². The lowest BCUT2D eigenvalue weighted by atomic mass is 9.96. The minimum Gasteiger partial charge on any atom is -0.260 e. The van der Waals surface area contributed by atoms with Crippen LogP contribution in [0.3, 0.4) is 0 Å². The molecule has 0 N–H and O–H groups in total. The fraction of sp³-hybridized carbons (Fsp3) is 0.316. The van der Waals surface area contributed by atoms with Crippen molar-refractivity contribution in [2.24, 2.45) is 4.99 Å². The summed E-state index contributed by atoms with van der Waals surface area (Å²) in [5.74, 6) is 0. The Labute approximate surface area is 123 Å². The molecule has 1 aromatic carbocycles. The van der Waals surface area contributed by atoms with Crippen molar-refractivity contribution in [2.75, 3.05) is 0 Å². The summed E-state index contributed by atoms with van der Waals surface area (Å²) in [6.07, 6.45) is 7.01. The zero-order valence-electron chi connectivity index (χ0n) is 13.3. The van der Waals surface area contributed by atoms with Crippen LogP contribution in [0.25, 0.3) is 5.70 Å². The van der Waals surface area contributed by atoms with E-state index in [0.29, 0.717) is 0 Å². The summed E-state index contributed by atoms with van der Waals surface area (Å²) in [4.78, 5) is 4.59. The molecule has 0 aliphatic carbocycles. The maximum atomic E-state index is 4.59. The first-order valence-corrected chi connectivity index (χ1v) is 7.16. The highest BCUT2D eigenvalue weighted by molar-refractivity contribution is 5.80. The zero-order valence-corrected chi connectivity index (χ0v) is 13.3. The summed E-state index contributed by atoms with van der Waals surface area (Å²) < 4.78 is 0. The Morgan fingerprint density at radius 2 is 2.00 bits per heavy atom. The molecule has 1 heteroatoms. The van der Waals surface area contributed by atoms with Gasteiger partial charge in [0.05, 0.1) is 5.70 Å². The molecule has 0 amide bonds. The minimum atomic E-state index is 0.998. The number of benzene rings is 1. The normalized spacial score (nSPS) is 13.1. The molecule has 0 heterocycles. The van der Waals surface area contributed by atoms with Crippen molar-refractivity contribution >= 4 is 11.9 Å². The van der Waals surface area contributed by atoms with E-state index in [4.69, 9.17) is 0 Å².